The van der Waals surface area contributed by atoms with Crippen molar-refractivity contribution in [3.63, 3.8) is 0 Å². The van der Waals surface area contributed by atoms with E-state index in [1.807, 2.05) is 36.9 Å². The highest BCUT2D eigenvalue weighted by atomic mass is 16.2. The number of nitrogens with zero attached hydrogens (tertiary/aromatic N) is 2. The molecule has 22 heavy (non-hydrogen) atoms. The molecule has 0 unspecified atom stereocenters. The van der Waals surface area contributed by atoms with E-state index in [1.54, 1.807) is 6.20 Å². The van der Waals surface area contributed by atoms with Gasteiger partial charge in [0, 0.05) is 36.7 Å². The third-order valence-electron chi connectivity index (χ3n) is 3.33. The Morgan fingerprint density at radius 1 is 1.36 bits per heavy atom. The lowest BCUT2D eigenvalue weighted by molar-refractivity contribution is 0.240. The van der Waals surface area contributed by atoms with Gasteiger partial charge in [-0.3, -0.25) is 9.48 Å². The van der Waals surface area contributed by atoms with Gasteiger partial charge in [0.1, 0.15) is 0 Å². The molecule has 0 atom stereocenters. The van der Waals surface area contributed by atoms with E-state index in [-0.39, 0.29) is 18.1 Å². The molecule has 0 aliphatic rings. The monoisotopic (exact) mass is 303 g/mol. The second-order valence-electron chi connectivity index (χ2n) is 5.18. The van der Waals surface area contributed by atoms with Crippen molar-refractivity contribution in [2.45, 2.75) is 33.4 Å². The lowest BCUT2D eigenvalue weighted by Gasteiger charge is -2.09. The molecule has 2 heterocycles. The summed E-state index contributed by atoms with van der Waals surface area (Å²) in [6.07, 6.45) is 4.40. The molecule has 2 amide bonds. The third-order valence-corrected chi connectivity index (χ3v) is 3.33. The molecule has 0 aliphatic carbocycles. The Morgan fingerprint density at radius 3 is 2.86 bits per heavy atom. The Morgan fingerprint density at radius 2 is 2.18 bits per heavy atom. The average Bonchev–Trinajstić information content (AvgIpc) is 2.95. The summed E-state index contributed by atoms with van der Waals surface area (Å²) in [5.74, 6) is 0. The van der Waals surface area contributed by atoms with Gasteiger partial charge in [-0.2, -0.15) is 5.10 Å². The third kappa shape index (κ3) is 4.47. The molecule has 7 nitrogen and oxygen atoms in total. The van der Waals surface area contributed by atoms with Crippen LogP contribution in [0.1, 0.15) is 23.2 Å². The first kappa shape index (κ1) is 15.8. The van der Waals surface area contributed by atoms with Crippen molar-refractivity contribution in [1.82, 2.24) is 25.4 Å². The largest absolute Gasteiger partial charge is 0.338 e. The van der Waals surface area contributed by atoms with Gasteiger partial charge in [0.15, 0.2) is 0 Å². The molecular weight excluding hydrogens is 282 g/mol. The van der Waals surface area contributed by atoms with Gasteiger partial charge in [-0.15, -0.1) is 0 Å². The first-order valence-corrected chi connectivity index (χ1v) is 7.25. The number of urea groups is 1. The predicted molar refractivity (Wildman–Crippen MR) is 83.6 cm³/mol. The topological polar surface area (TPSA) is 91.8 Å². The minimum absolute atomic E-state index is 0.156. The van der Waals surface area contributed by atoms with Gasteiger partial charge in [-0.05, 0) is 38.0 Å². The summed E-state index contributed by atoms with van der Waals surface area (Å²) in [5.41, 5.74) is 2.11. The normalized spacial score (nSPS) is 10.5. The number of hydrogen-bond acceptors (Lipinski definition) is 3. The molecule has 0 fully saturated rings. The molecule has 2 aromatic rings. The lowest BCUT2D eigenvalue weighted by atomic mass is 10.1. The molecule has 0 bridgehead atoms. The summed E-state index contributed by atoms with van der Waals surface area (Å²) in [6.45, 7) is 5.21. The van der Waals surface area contributed by atoms with Crippen LogP contribution in [0.25, 0.3) is 0 Å². The number of carbonyl (C=O) groups is 1. The summed E-state index contributed by atoms with van der Waals surface area (Å²) in [7, 11) is 0. The van der Waals surface area contributed by atoms with Crippen LogP contribution in [-0.4, -0.2) is 27.3 Å². The molecule has 0 saturated heterocycles. The standard InChI is InChI=1S/C15H21N5O2/c1-11-9-12(2)19-14(21)13(11)10-17-15(22)16-5-3-7-20-8-4-6-18-20/h4,6,8-9H,3,5,7,10H2,1-2H3,(H,19,21)(H2,16,17,22). The summed E-state index contributed by atoms with van der Waals surface area (Å²) in [5, 5.41) is 9.55. The van der Waals surface area contributed by atoms with Crippen molar-refractivity contribution >= 4 is 6.03 Å². The van der Waals surface area contributed by atoms with Crippen molar-refractivity contribution < 1.29 is 4.79 Å². The smallest absolute Gasteiger partial charge is 0.315 e. The van der Waals surface area contributed by atoms with Crippen LogP contribution < -0.4 is 16.2 Å². The summed E-state index contributed by atoms with van der Waals surface area (Å²) in [6, 6.07) is 3.47. The lowest BCUT2D eigenvalue weighted by Crippen LogP contribution is -2.37. The number of nitrogens with one attached hydrogen (secondary N) is 3. The first-order chi connectivity index (χ1) is 10.6. The number of aryl methyl sites for hydroxylation is 3. The molecule has 7 heteroatoms. The molecule has 0 radical (unpaired) electrons. The number of aromatic nitrogens is 3. The van der Waals surface area contributed by atoms with Crippen molar-refractivity contribution in [2.75, 3.05) is 6.54 Å². The Hall–Kier alpha value is -2.57. The minimum atomic E-state index is -0.278. The van der Waals surface area contributed by atoms with Crippen LogP contribution >= 0.6 is 0 Å². The van der Waals surface area contributed by atoms with Gasteiger partial charge in [-0.1, -0.05) is 0 Å². The van der Waals surface area contributed by atoms with Crippen LogP contribution in [-0.2, 0) is 13.1 Å². The Bertz CT molecular complexity index is 676. The zero-order valence-corrected chi connectivity index (χ0v) is 12.8. The van der Waals surface area contributed by atoms with Crippen LogP contribution in [0.5, 0.6) is 0 Å². The number of carbonyl (C=O) groups excluding carboxylic acids is 1. The Balaban J connectivity index is 1.73. The number of hydrogen-bond donors (Lipinski definition) is 3. The molecule has 2 aromatic heterocycles. The number of aromatic amines is 1. The van der Waals surface area contributed by atoms with Crippen LogP contribution in [0.3, 0.4) is 0 Å². The Labute approximate surface area is 128 Å². The maximum atomic E-state index is 11.8. The van der Waals surface area contributed by atoms with Crippen molar-refractivity contribution in [2.24, 2.45) is 0 Å². The molecule has 0 aromatic carbocycles. The second kappa shape index (κ2) is 7.44. The van der Waals surface area contributed by atoms with Gasteiger partial charge in [0.05, 0.1) is 6.54 Å². The van der Waals surface area contributed by atoms with Gasteiger partial charge in [0.2, 0.25) is 0 Å². The summed E-state index contributed by atoms with van der Waals surface area (Å²) >= 11 is 0. The molecule has 3 N–H and O–H groups in total. The molecule has 0 aliphatic heterocycles. The van der Waals surface area contributed by atoms with E-state index in [0.717, 1.165) is 24.2 Å². The zero-order valence-electron chi connectivity index (χ0n) is 12.8. The molecule has 2 rings (SSSR count). The van der Waals surface area contributed by atoms with E-state index in [9.17, 15) is 9.59 Å². The minimum Gasteiger partial charge on any atom is -0.338 e. The predicted octanol–water partition coefficient (Wildman–Crippen LogP) is 1.08. The first-order valence-electron chi connectivity index (χ1n) is 7.25. The van der Waals surface area contributed by atoms with Gasteiger partial charge in [-0.25, -0.2) is 4.79 Å². The van der Waals surface area contributed by atoms with Crippen molar-refractivity contribution in [3.8, 4) is 0 Å². The van der Waals surface area contributed by atoms with E-state index >= 15 is 0 Å². The zero-order chi connectivity index (χ0) is 15.9. The van der Waals surface area contributed by atoms with E-state index in [4.69, 9.17) is 0 Å². The van der Waals surface area contributed by atoms with Crippen molar-refractivity contribution in [3.05, 3.63) is 51.7 Å². The molecular formula is C15H21N5O2. The van der Waals surface area contributed by atoms with Crippen LogP contribution in [0.15, 0.2) is 29.3 Å². The summed E-state index contributed by atoms with van der Waals surface area (Å²) < 4.78 is 1.81. The molecule has 0 spiro atoms. The average molecular weight is 303 g/mol. The van der Waals surface area contributed by atoms with Crippen LogP contribution in [0, 0.1) is 13.8 Å². The van der Waals surface area contributed by atoms with E-state index in [1.165, 1.54) is 0 Å². The molecule has 118 valence electrons. The van der Waals surface area contributed by atoms with Gasteiger partial charge >= 0.3 is 6.03 Å². The number of pyridine rings is 1. The van der Waals surface area contributed by atoms with E-state index in [0.29, 0.717) is 12.1 Å². The second-order valence-corrected chi connectivity index (χ2v) is 5.18. The van der Waals surface area contributed by atoms with Crippen molar-refractivity contribution in [1.29, 1.82) is 0 Å². The highest BCUT2D eigenvalue weighted by Gasteiger charge is 2.07. The highest BCUT2D eigenvalue weighted by molar-refractivity contribution is 5.73. The fraction of sp³-hybridized carbons (Fsp3) is 0.400. The summed E-state index contributed by atoms with van der Waals surface area (Å²) in [4.78, 5) is 26.3. The number of H-pyrrole nitrogens is 1. The number of amides is 2. The van der Waals surface area contributed by atoms with Crippen LogP contribution in [0.4, 0.5) is 4.79 Å². The van der Waals surface area contributed by atoms with Crippen LogP contribution in [0.2, 0.25) is 0 Å². The van der Waals surface area contributed by atoms with Gasteiger partial charge in [0.25, 0.3) is 5.56 Å². The quantitative estimate of drug-likeness (QED) is 0.697. The maximum absolute atomic E-state index is 11.8. The Kier molecular flexibility index (Phi) is 5.35. The SMILES string of the molecule is Cc1cc(C)c(CNC(=O)NCCCn2cccn2)c(=O)[nH]1. The maximum Gasteiger partial charge on any atom is 0.315 e. The van der Waals surface area contributed by atoms with E-state index < -0.39 is 0 Å². The highest BCUT2D eigenvalue weighted by Crippen LogP contribution is 2.02. The molecule has 0 saturated carbocycles. The fourth-order valence-electron chi connectivity index (χ4n) is 2.21. The fourth-order valence-corrected chi connectivity index (χ4v) is 2.21. The number of rotatable bonds is 6. The van der Waals surface area contributed by atoms with Gasteiger partial charge < -0.3 is 15.6 Å². The van der Waals surface area contributed by atoms with E-state index in [2.05, 4.69) is 20.7 Å².